The lowest BCUT2D eigenvalue weighted by Gasteiger charge is -2.07. The van der Waals surface area contributed by atoms with Crippen LogP contribution in [0.1, 0.15) is 12.0 Å². The number of rotatable bonds is 4. The number of hydrogen-bond acceptors (Lipinski definition) is 3. The minimum atomic E-state index is -0.392. The van der Waals surface area contributed by atoms with Crippen molar-refractivity contribution in [3.05, 3.63) is 58.1 Å². The molecule has 2 unspecified atom stereocenters. The molecular formula is C18H13Cl2N3O2. The van der Waals surface area contributed by atoms with E-state index in [9.17, 15) is 9.59 Å². The highest BCUT2D eigenvalue weighted by atomic mass is 35.5. The highest BCUT2D eigenvalue weighted by Gasteiger charge is 2.48. The van der Waals surface area contributed by atoms with E-state index in [2.05, 4.69) is 10.6 Å². The zero-order chi connectivity index (χ0) is 18.0. The summed E-state index contributed by atoms with van der Waals surface area (Å²) in [7, 11) is 0. The molecule has 2 aromatic rings. The molecule has 1 aliphatic carbocycles. The molecule has 1 saturated carbocycles. The van der Waals surface area contributed by atoms with Crippen molar-refractivity contribution < 1.29 is 9.59 Å². The highest BCUT2D eigenvalue weighted by molar-refractivity contribution is 6.35. The van der Waals surface area contributed by atoms with E-state index in [1.807, 2.05) is 6.07 Å². The van der Waals surface area contributed by atoms with E-state index >= 15 is 0 Å². The second-order valence-electron chi connectivity index (χ2n) is 5.78. The van der Waals surface area contributed by atoms with Crippen LogP contribution in [0.15, 0.2) is 42.5 Å². The maximum Gasteiger partial charge on any atom is 0.228 e. The van der Waals surface area contributed by atoms with E-state index in [1.165, 1.54) is 0 Å². The summed E-state index contributed by atoms with van der Waals surface area (Å²) in [6.07, 6.45) is 0.476. The molecule has 0 spiro atoms. The predicted octanol–water partition coefficient (Wildman–Crippen LogP) is 4.08. The van der Waals surface area contributed by atoms with E-state index in [4.69, 9.17) is 28.5 Å². The van der Waals surface area contributed by atoms with Crippen molar-refractivity contribution in [2.24, 2.45) is 11.8 Å². The summed E-state index contributed by atoms with van der Waals surface area (Å²) < 4.78 is 0. The van der Waals surface area contributed by atoms with Gasteiger partial charge in [0.1, 0.15) is 0 Å². The number of benzene rings is 2. The summed E-state index contributed by atoms with van der Waals surface area (Å²) in [4.78, 5) is 24.5. The van der Waals surface area contributed by atoms with E-state index < -0.39 is 5.92 Å². The van der Waals surface area contributed by atoms with Gasteiger partial charge < -0.3 is 10.6 Å². The molecule has 1 fully saturated rings. The predicted molar refractivity (Wildman–Crippen MR) is 96.5 cm³/mol. The molecule has 126 valence electrons. The molecule has 0 saturated heterocycles. The smallest absolute Gasteiger partial charge is 0.228 e. The van der Waals surface area contributed by atoms with Crippen LogP contribution in [0.4, 0.5) is 11.4 Å². The van der Waals surface area contributed by atoms with E-state index in [0.717, 1.165) is 0 Å². The Kier molecular flexibility index (Phi) is 4.93. The van der Waals surface area contributed by atoms with Crippen LogP contribution in [0.2, 0.25) is 10.0 Å². The van der Waals surface area contributed by atoms with Crippen LogP contribution in [0, 0.1) is 23.2 Å². The van der Waals surface area contributed by atoms with E-state index in [1.54, 1.807) is 42.5 Å². The van der Waals surface area contributed by atoms with Crippen LogP contribution in [0.25, 0.3) is 0 Å². The van der Waals surface area contributed by atoms with Crippen molar-refractivity contribution in [3.8, 4) is 6.07 Å². The topological polar surface area (TPSA) is 82.0 Å². The Labute approximate surface area is 154 Å². The number of amides is 2. The summed E-state index contributed by atoms with van der Waals surface area (Å²) in [5, 5.41) is 15.2. The lowest BCUT2D eigenvalue weighted by atomic mass is 10.2. The van der Waals surface area contributed by atoms with Gasteiger partial charge in [0.2, 0.25) is 11.8 Å². The Morgan fingerprint density at radius 1 is 0.960 bits per heavy atom. The van der Waals surface area contributed by atoms with Gasteiger partial charge in [-0.25, -0.2) is 0 Å². The molecule has 0 radical (unpaired) electrons. The molecule has 3 rings (SSSR count). The van der Waals surface area contributed by atoms with Crippen LogP contribution < -0.4 is 10.6 Å². The van der Waals surface area contributed by atoms with Crippen molar-refractivity contribution in [2.45, 2.75) is 6.42 Å². The molecule has 2 aromatic carbocycles. The molecule has 1 aliphatic rings. The van der Waals surface area contributed by atoms with Crippen LogP contribution >= 0.6 is 23.2 Å². The monoisotopic (exact) mass is 373 g/mol. The number of carbonyl (C=O) groups excluding carboxylic acids is 2. The first kappa shape index (κ1) is 17.3. The maximum atomic E-state index is 12.2. The molecular weight excluding hydrogens is 361 g/mol. The highest BCUT2D eigenvalue weighted by Crippen LogP contribution is 2.40. The largest absolute Gasteiger partial charge is 0.326 e. The van der Waals surface area contributed by atoms with Gasteiger partial charge in [-0.15, -0.1) is 0 Å². The van der Waals surface area contributed by atoms with Gasteiger partial charge in [0.25, 0.3) is 0 Å². The fraction of sp³-hybridized carbons (Fsp3) is 0.167. The number of nitrogens with one attached hydrogen (secondary N) is 2. The van der Waals surface area contributed by atoms with Gasteiger partial charge in [0, 0.05) is 21.4 Å². The summed E-state index contributed by atoms with van der Waals surface area (Å²) in [5.74, 6) is -1.26. The average molecular weight is 374 g/mol. The summed E-state index contributed by atoms with van der Waals surface area (Å²) in [5.41, 5.74) is 1.49. The molecule has 0 bridgehead atoms. The summed E-state index contributed by atoms with van der Waals surface area (Å²) in [6, 6.07) is 13.4. The minimum absolute atomic E-state index is 0.237. The second-order valence-corrected chi connectivity index (χ2v) is 6.65. The Morgan fingerprint density at radius 3 is 2.16 bits per heavy atom. The number of nitrogens with zero attached hydrogens (tertiary/aromatic N) is 1. The van der Waals surface area contributed by atoms with Crippen LogP contribution in [0.5, 0.6) is 0 Å². The van der Waals surface area contributed by atoms with Crippen LogP contribution in [0.3, 0.4) is 0 Å². The second kappa shape index (κ2) is 7.14. The Bertz CT molecular complexity index is 872. The Morgan fingerprint density at radius 2 is 1.56 bits per heavy atom. The number of carbonyl (C=O) groups is 2. The fourth-order valence-corrected chi connectivity index (χ4v) is 3.06. The molecule has 25 heavy (non-hydrogen) atoms. The summed E-state index contributed by atoms with van der Waals surface area (Å²) >= 11 is 11.8. The molecule has 0 aromatic heterocycles. The zero-order valence-electron chi connectivity index (χ0n) is 12.9. The molecule has 2 N–H and O–H groups in total. The molecule has 5 nitrogen and oxygen atoms in total. The van der Waals surface area contributed by atoms with Crippen LogP contribution in [-0.2, 0) is 9.59 Å². The lowest BCUT2D eigenvalue weighted by molar-refractivity contribution is -0.122. The normalized spacial score (nSPS) is 18.1. The molecule has 0 aliphatic heterocycles. The van der Waals surface area contributed by atoms with Crippen molar-refractivity contribution in [3.63, 3.8) is 0 Å². The third kappa shape index (κ3) is 4.30. The minimum Gasteiger partial charge on any atom is -0.326 e. The van der Waals surface area contributed by atoms with Gasteiger partial charge in [-0.05, 0) is 42.8 Å². The van der Waals surface area contributed by atoms with Crippen molar-refractivity contribution in [2.75, 3.05) is 10.6 Å². The fourth-order valence-electron chi connectivity index (χ4n) is 2.54. The number of hydrogen-bond donors (Lipinski definition) is 2. The van der Waals surface area contributed by atoms with Crippen molar-refractivity contribution in [1.29, 1.82) is 5.26 Å². The van der Waals surface area contributed by atoms with Gasteiger partial charge in [-0.1, -0.05) is 29.3 Å². The van der Waals surface area contributed by atoms with Gasteiger partial charge in [0.05, 0.1) is 23.5 Å². The van der Waals surface area contributed by atoms with Gasteiger partial charge in [-0.3, -0.25) is 9.59 Å². The first-order valence-corrected chi connectivity index (χ1v) is 8.30. The molecule has 7 heteroatoms. The van der Waals surface area contributed by atoms with E-state index in [0.29, 0.717) is 33.4 Å². The van der Waals surface area contributed by atoms with Gasteiger partial charge in [0.15, 0.2) is 0 Å². The number of nitriles is 1. The van der Waals surface area contributed by atoms with Crippen molar-refractivity contribution >= 4 is 46.4 Å². The van der Waals surface area contributed by atoms with Crippen LogP contribution in [-0.4, -0.2) is 11.8 Å². The Balaban J connectivity index is 1.58. The SMILES string of the molecule is N#Cc1cccc(NC(=O)C2CC2C(=O)Nc2cc(Cl)cc(Cl)c2)c1. The number of halogens is 2. The number of anilines is 2. The lowest BCUT2D eigenvalue weighted by Crippen LogP contribution is -2.20. The van der Waals surface area contributed by atoms with Gasteiger partial charge >= 0.3 is 0 Å². The Hall–Kier alpha value is -2.55. The third-order valence-electron chi connectivity index (χ3n) is 3.85. The van der Waals surface area contributed by atoms with Gasteiger partial charge in [-0.2, -0.15) is 5.26 Å². The molecule has 2 amide bonds. The zero-order valence-corrected chi connectivity index (χ0v) is 14.4. The first-order chi connectivity index (χ1) is 12.0. The van der Waals surface area contributed by atoms with E-state index in [-0.39, 0.29) is 17.7 Å². The van der Waals surface area contributed by atoms with Crippen molar-refractivity contribution in [1.82, 2.24) is 0 Å². The maximum absolute atomic E-state index is 12.2. The average Bonchev–Trinajstić information content (AvgIpc) is 3.35. The molecule has 2 atom stereocenters. The third-order valence-corrected chi connectivity index (χ3v) is 4.29. The molecule has 0 heterocycles. The first-order valence-electron chi connectivity index (χ1n) is 7.54. The summed E-state index contributed by atoms with van der Waals surface area (Å²) in [6.45, 7) is 0. The quantitative estimate of drug-likeness (QED) is 0.846. The standard InChI is InChI=1S/C18H13Cl2N3O2/c19-11-5-12(20)7-14(6-11)23-18(25)16-8-15(16)17(24)22-13-3-1-2-10(4-13)9-21/h1-7,15-16H,8H2,(H,22,24)(H,23,25).